The summed E-state index contributed by atoms with van der Waals surface area (Å²) < 4.78 is 23.5. The number of piperazine rings is 1. The fourth-order valence-electron chi connectivity index (χ4n) is 4.64. The Balaban J connectivity index is 1.46. The number of morpholine rings is 1. The van der Waals surface area contributed by atoms with Crippen molar-refractivity contribution in [1.29, 1.82) is 0 Å². The van der Waals surface area contributed by atoms with Crippen LogP contribution in [0.3, 0.4) is 0 Å². The summed E-state index contributed by atoms with van der Waals surface area (Å²) >= 11 is 6.17. The first-order valence-electron chi connectivity index (χ1n) is 12.8. The van der Waals surface area contributed by atoms with E-state index in [4.69, 9.17) is 30.5 Å². The second-order valence-electron chi connectivity index (χ2n) is 9.85. The minimum absolute atomic E-state index is 0.00597. The molecule has 2 saturated heterocycles. The maximum absolute atomic E-state index is 13.4. The van der Waals surface area contributed by atoms with Gasteiger partial charge in [-0.2, -0.15) is 0 Å². The minimum Gasteiger partial charge on any atom is -0.493 e. The van der Waals surface area contributed by atoms with Crippen LogP contribution >= 0.6 is 11.6 Å². The summed E-state index contributed by atoms with van der Waals surface area (Å²) in [5, 5.41) is 0.651. The summed E-state index contributed by atoms with van der Waals surface area (Å²) in [4.78, 5) is 32.3. The highest BCUT2D eigenvalue weighted by molar-refractivity contribution is 6.31. The molecule has 0 aliphatic carbocycles. The number of rotatable bonds is 9. The van der Waals surface area contributed by atoms with Crippen LogP contribution in [0.25, 0.3) is 0 Å². The number of hydrogen-bond donors (Lipinski definition) is 0. The second-order valence-corrected chi connectivity index (χ2v) is 10.3. The van der Waals surface area contributed by atoms with Crippen molar-refractivity contribution in [2.75, 3.05) is 73.2 Å². The van der Waals surface area contributed by atoms with E-state index in [1.165, 1.54) is 0 Å². The van der Waals surface area contributed by atoms with Crippen LogP contribution in [-0.2, 0) is 14.3 Å². The zero-order valence-electron chi connectivity index (χ0n) is 22.3. The molecule has 4 rings (SSSR count). The Morgan fingerprint density at radius 1 is 0.974 bits per heavy atom. The first-order valence-corrected chi connectivity index (χ1v) is 13.2. The third kappa shape index (κ3) is 7.09. The van der Waals surface area contributed by atoms with E-state index >= 15 is 0 Å². The fraction of sp³-hybridized carbons (Fsp3) is 0.500. The Morgan fingerprint density at radius 2 is 1.71 bits per heavy atom. The molecular weight excluding hydrogens is 510 g/mol. The van der Waals surface area contributed by atoms with Crippen LogP contribution in [0.5, 0.6) is 17.2 Å². The van der Waals surface area contributed by atoms with Gasteiger partial charge >= 0.3 is 0 Å². The molecule has 1 unspecified atom stereocenters. The highest BCUT2D eigenvalue weighted by Gasteiger charge is 2.42. The lowest BCUT2D eigenvalue weighted by Gasteiger charge is -2.43. The average Bonchev–Trinajstić information content (AvgIpc) is 2.93. The van der Waals surface area contributed by atoms with E-state index in [9.17, 15) is 9.59 Å². The number of halogens is 1. The molecule has 206 valence electrons. The summed E-state index contributed by atoms with van der Waals surface area (Å²) in [5.74, 6) is 1.48. The van der Waals surface area contributed by atoms with Gasteiger partial charge in [0, 0.05) is 37.7 Å². The second kappa shape index (κ2) is 12.7. The Morgan fingerprint density at radius 3 is 2.42 bits per heavy atom. The monoisotopic (exact) mass is 545 g/mol. The van der Waals surface area contributed by atoms with Crippen LogP contribution in [0.15, 0.2) is 42.5 Å². The number of likely N-dealkylation sites (N-methyl/N-ethyl adjacent to an activating group) is 1. The number of hydrogen-bond acceptors (Lipinski definition) is 7. The normalized spacial score (nSPS) is 20.2. The predicted molar refractivity (Wildman–Crippen MR) is 144 cm³/mol. The third-order valence-corrected chi connectivity index (χ3v) is 7.41. The van der Waals surface area contributed by atoms with E-state index in [1.54, 1.807) is 36.3 Å². The average molecular weight is 546 g/mol. The van der Waals surface area contributed by atoms with Crippen molar-refractivity contribution < 1.29 is 28.5 Å². The van der Waals surface area contributed by atoms with E-state index in [0.717, 1.165) is 18.7 Å². The van der Waals surface area contributed by atoms with Gasteiger partial charge in [-0.1, -0.05) is 23.7 Å². The van der Waals surface area contributed by atoms with Gasteiger partial charge in [-0.05, 0) is 49.9 Å². The summed E-state index contributed by atoms with van der Waals surface area (Å²) in [6, 6.07) is 12.6. The molecule has 38 heavy (non-hydrogen) atoms. The molecule has 0 N–H and O–H groups in total. The number of carbonyl (C=O) groups is 2. The lowest BCUT2D eigenvalue weighted by molar-refractivity contribution is -0.167. The van der Waals surface area contributed by atoms with Gasteiger partial charge in [-0.3, -0.25) is 9.59 Å². The Hall–Kier alpha value is -3.01. The minimum atomic E-state index is -0.994. The Labute approximate surface area is 229 Å². The molecule has 0 spiro atoms. The maximum Gasteiger partial charge on any atom is 0.260 e. The van der Waals surface area contributed by atoms with Crippen molar-refractivity contribution >= 4 is 23.4 Å². The Bertz CT molecular complexity index is 1120. The zero-order chi connectivity index (χ0) is 27.1. The number of aryl methyl sites for hydroxylation is 1. The van der Waals surface area contributed by atoms with Gasteiger partial charge in [-0.15, -0.1) is 0 Å². The summed E-state index contributed by atoms with van der Waals surface area (Å²) in [7, 11) is 3.60. The standard InChI is InChI=1S/C28H36ClN3O6/c1-21-16-22(8-9-23(21)29)37-20-28(17-26(33)31-12-10-30(2)11-13-31)19-32(14-15-38-28)27(34)18-36-25-7-5-4-6-24(25)35-3/h4-9,16H,10-15,17-20H2,1-3H3. The number of benzene rings is 2. The first-order chi connectivity index (χ1) is 18.3. The van der Waals surface area contributed by atoms with Gasteiger partial charge in [0.05, 0.1) is 26.7 Å². The number of ether oxygens (including phenoxy) is 4. The van der Waals surface area contributed by atoms with Crippen molar-refractivity contribution in [3.63, 3.8) is 0 Å². The van der Waals surface area contributed by atoms with E-state index < -0.39 is 5.60 Å². The lowest BCUT2D eigenvalue weighted by Crippen LogP contribution is -2.59. The summed E-state index contributed by atoms with van der Waals surface area (Å²) in [6.45, 7) is 5.75. The van der Waals surface area contributed by atoms with E-state index in [2.05, 4.69) is 4.90 Å². The fourth-order valence-corrected chi connectivity index (χ4v) is 4.75. The molecule has 2 aromatic carbocycles. The molecule has 2 aromatic rings. The highest BCUT2D eigenvalue weighted by Crippen LogP contribution is 2.29. The number of para-hydroxylation sites is 2. The molecule has 2 heterocycles. The third-order valence-electron chi connectivity index (χ3n) is 6.98. The zero-order valence-corrected chi connectivity index (χ0v) is 23.0. The van der Waals surface area contributed by atoms with Crippen LogP contribution in [0.1, 0.15) is 12.0 Å². The summed E-state index contributed by atoms with van der Waals surface area (Å²) in [5.41, 5.74) is -0.103. The molecule has 0 saturated carbocycles. The number of amides is 2. The summed E-state index contributed by atoms with van der Waals surface area (Å²) in [6.07, 6.45) is 0.112. The quantitative estimate of drug-likeness (QED) is 0.479. The lowest BCUT2D eigenvalue weighted by atomic mass is 9.96. The van der Waals surface area contributed by atoms with Crippen molar-refractivity contribution in [1.82, 2.24) is 14.7 Å². The predicted octanol–water partition coefficient (Wildman–Crippen LogP) is 2.88. The van der Waals surface area contributed by atoms with E-state index in [-0.39, 0.29) is 38.0 Å². The Kier molecular flexibility index (Phi) is 9.35. The van der Waals surface area contributed by atoms with Crippen molar-refractivity contribution in [2.45, 2.75) is 18.9 Å². The largest absolute Gasteiger partial charge is 0.493 e. The van der Waals surface area contributed by atoms with Crippen LogP contribution in [0.4, 0.5) is 0 Å². The molecular formula is C28H36ClN3O6. The van der Waals surface area contributed by atoms with Crippen molar-refractivity contribution in [3.8, 4) is 17.2 Å². The maximum atomic E-state index is 13.4. The van der Waals surface area contributed by atoms with Gasteiger partial charge in [-0.25, -0.2) is 0 Å². The molecule has 9 nitrogen and oxygen atoms in total. The molecule has 2 aliphatic rings. The van der Waals surface area contributed by atoms with Crippen molar-refractivity contribution in [2.24, 2.45) is 0 Å². The van der Waals surface area contributed by atoms with Gasteiger partial charge in [0.2, 0.25) is 5.91 Å². The van der Waals surface area contributed by atoms with E-state index in [0.29, 0.717) is 48.5 Å². The van der Waals surface area contributed by atoms with Gasteiger partial charge in [0.15, 0.2) is 18.1 Å². The smallest absolute Gasteiger partial charge is 0.260 e. The number of nitrogens with zero attached hydrogens (tertiary/aromatic N) is 3. The van der Waals surface area contributed by atoms with Crippen LogP contribution in [0.2, 0.25) is 5.02 Å². The highest BCUT2D eigenvalue weighted by atomic mass is 35.5. The molecule has 0 aromatic heterocycles. The molecule has 2 aliphatic heterocycles. The van der Waals surface area contributed by atoms with Crippen molar-refractivity contribution in [3.05, 3.63) is 53.1 Å². The molecule has 1 atom stereocenters. The molecule has 0 bridgehead atoms. The molecule has 2 fully saturated rings. The van der Waals surface area contributed by atoms with Crippen LogP contribution in [0, 0.1) is 6.92 Å². The van der Waals surface area contributed by atoms with Crippen LogP contribution in [-0.4, -0.2) is 105 Å². The van der Waals surface area contributed by atoms with Gasteiger partial charge in [0.25, 0.3) is 5.91 Å². The topological polar surface area (TPSA) is 80.8 Å². The van der Waals surface area contributed by atoms with Gasteiger partial charge < -0.3 is 33.6 Å². The van der Waals surface area contributed by atoms with Crippen LogP contribution < -0.4 is 14.2 Å². The molecule has 0 radical (unpaired) electrons. The SMILES string of the molecule is COc1ccccc1OCC(=O)N1CCOC(COc2ccc(Cl)c(C)c2)(CC(=O)N2CCN(C)CC2)C1. The molecule has 2 amide bonds. The van der Waals surface area contributed by atoms with E-state index in [1.807, 2.05) is 37.1 Å². The first kappa shape index (κ1) is 28.0. The molecule has 10 heteroatoms. The van der Waals surface area contributed by atoms with Gasteiger partial charge in [0.1, 0.15) is 18.0 Å². The number of methoxy groups -OCH3 is 1. The number of carbonyl (C=O) groups excluding carboxylic acids is 2.